The van der Waals surface area contributed by atoms with Gasteiger partial charge in [0.05, 0.1) is 13.2 Å². The van der Waals surface area contributed by atoms with Crippen molar-refractivity contribution < 1.29 is 14.3 Å². The first kappa shape index (κ1) is 14.3. The van der Waals surface area contributed by atoms with Gasteiger partial charge in [-0.15, -0.1) is 0 Å². The second-order valence-corrected chi connectivity index (χ2v) is 4.80. The van der Waals surface area contributed by atoms with Gasteiger partial charge in [0.1, 0.15) is 0 Å². The molecule has 1 aromatic carbocycles. The van der Waals surface area contributed by atoms with Crippen LogP contribution in [0.5, 0.6) is 0 Å². The molecule has 1 fully saturated rings. The number of nitrogens with two attached hydrogens (primary N) is 1. The van der Waals surface area contributed by atoms with Crippen LogP contribution in [0.3, 0.4) is 0 Å². The Balaban J connectivity index is 2.28. The maximum absolute atomic E-state index is 11.9. The van der Waals surface area contributed by atoms with E-state index >= 15 is 0 Å². The van der Waals surface area contributed by atoms with Gasteiger partial charge in [-0.2, -0.15) is 0 Å². The molecule has 6 heteroatoms. The van der Waals surface area contributed by atoms with Gasteiger partial charge in [-0.05, 0) is 37.1 Å². The van der Waals surface area contributed by atoms with Crippen molar-refractivity contribution >= 4 is 17.6 Å². The molecule has 0 bridgehead atoms. The van der Waals surface area contributed by atoms with E-state index in [1.54, 1.807) is 6.07 Å². The Hall–Kier alpha value is -2.08. The number of carbonyl (C=O) groups is 2. The molecule has 0 spiro atoms. The molecule has 108 valence electrons. The first-order valence-corrected chi connectivity index (χ1v) is 6.54. The van der Waals surface area contributed by atoms with Gasteiger partial charge in [-0.25, -0.2) is 4.79 Å². The van der Waals surface area contributed by atoms with Crippen LogP contribution in [0.1, 0.15) is 21.5 Å². The Morgan fingerprint density at radius 2 is 1.85 bits per heavy atom. The molecule has 1 aliphatic rings. The molecule has 0 aromatic heterocycles. The number of primary amides is 1. The molecule has 0 radical (unpaired) electrons. The maximum atomic E-state index is 11.9. The number of ether oxygens (including phenoxy) is 1. The molecular formula is C14H19N3O3. The number of carbonyl (C=O) groups excluding carboxylic acids is 2. The lowest BCUT2D eigenvalue weighted by Gasteiger charge is -2.31. The molecule has 1 heterocycles. The molecule has 2 rings (SSSR count). The van der Waals surface area contributed by atoms with Crippen LogP contribution in [0.25, 0.3) is 0 Å². The average molecular weight is 277 g/mol. The normalized spacial score (nSPS) is 15.0. The van der Waals surface area contributed by atoms with Crippen molar-refractivity contribution in [1.29, 1.82) is 0 Å². The second kappa shape index (κ2) is 5.92. The van der Waals surface area contributed by atoms with Crippen LogP contribution >= 0.6 is 0 Å². The zero-order valence-corrected chi connectivity index (χ0v) is 11.7. The van der Waals surface area contributed by atoms with Gasteiger partial charge >= 0.3 is 6.03 Å². The monoisotopic (exact) mass is 277 g/mol. The van der Waals surface area contributed by atoms with Crippen molar-refractivity contribution in [2.24, 2.45) is 5.73 Å². The highest BCUT2D eigenvalue weighted by Gasteiger charge is 2.18. The van der Waals surface area contributed by atoms with Crippen LogP contribution < -0.4 is 16.0 Å². The van der Waals surface area contributed by atoms with E-state index in [1.807, 2.05) is 19.9 Å². The molecule has 1 aromatic rings. The SMILES string of the molecule is Cc1c(C(=O)NC(N)=O)ccc(N2CCOCC2)c1C. The zero-order valence-electron chi connectivity index (χ0n) is 11.7. The van der Waals surface area contributed by atoms with Crippen LogP contribution in [0.2, 0.25) is 0 Å². The average Bonchev–Trinajstić information content (AvgIpc) is 2.42. The Bertz CT molecular complexity index is 537. The number of imide groups is 1. The fourth-order valence-corrected chi connectivity index (χ4v) is 2.38. The summed E-state index contributed by atoms with van der Waals surface area (Å²) >= 11 is 0. The number of anilines is 1. The van der Waals surface area contributed by atoms with Crippen LogP contribution in [-0.2, 0) is 4.74 Å². The summed E-state index contributed by atoms with van der Waals surface area (Å²) in [4.78, 5) is 24.9. The summed E-state index contributed by atoms with van der Waals surface area (Å²) in [6.45, 7) is 6.95. The fraction of sp³-hybridized carbons (Fsp3) is 0.429. The molecule has 1 saturated heterocycles. The molecule has 3 amide bonds. The van der Waals surface area contributed by atoms with Gasteiger partial charge in [0.15, 0.2) is 0 Å². The summed E-state index contributed by atoms with van der Waals surface area (Å²) in [5.74, 6) is -0.466. The summed E-state index contributed by atoms with van der Waals surface area (Å²) < 4.78 is 5.34. The summed E-state index contributed by atoms with van der Waals surface area (Å²) in [5.41, 5.74) is 8.43. The number of hydrogen-bond donors (Lipinski definition) is 2. The lowest BCUT2D eigenvalue weighted by atomic mass is 10.00. The number of nitrogens with zero attached hydrogens (tertiary/aromatic N) is 1. The number of hydrogen-bond acceptors (Lipinski definition) is 4. The predicted octanol–water partition coefficient (Wildman–Crippen LogP) is 0.949. The van der Waals surface area contributed by atoms with Crippen LogP contribution in [-0.4, -0.2) is 38.2 Å². The lowest BCUT2D eigenvalue weighted by molar-refractivity contribution is 0.0965. The number of amides is 3. The summed E-state index contributed by atoms with van der Waals surface area (Å²) in [5, 5.41) is 2.09. The molecule has 0 atom stereocenters. The quantitative estimate of drug-likeness (QED) is 0.843. The topological polar surface area (TPSA) is 84.7 Å². The molecule has 20 heavy (non-hydrogen) atoms. The van der Waals surface area contributed by atoms with E-state index in [4.69, 9.17) is 10.5 Å². The minimum Gasteiger partial charge on any atom is -0.378 e. The van der Waals surface area contributed by atoms with Gasteiger partial charge in [-0.1, -0.05) is 0 Å². The Morgan fingerprint density at radius 3 is 2.45 bits per heavy atom. The highest BCUT2D eigenvalue weighted by molar-refractivity contribution is 6.05. The minimum atomic E-state index is -0.843. The van der Waals surface area contributed by atoms with Crippen molar-refractivity contribution in [1.82, 2.24) is 5.32 Å². The minimum absolute atomic E-state index is 0.466. The Labute approximate surface area is 117 Å². The maximum Gasteiger partial charge on any atom is 0.319 e. The fourth-order valence-electron chi connectivity index (χ4n) is 2.38. The zero-order chi connectivity index (χ0) is 14.7. The van der Waals surface area contributed by atoms with E-state index in [9.17, 15) is 9.59 Å². The van der Waals surface area contributed by atoms with Crippen molar-refractivity contribution in [3.63, 3.8) is 0 Å². The van der Waals surface area contributed by atoms with Gasteiger partial charge in [0.2, 0.25) is 0 Å². The molecule has 3 N–H and O–H groups in total. The predicted molar refractivity (Wildman–Crippen MR) is 76.0 cm³/mol. The third kappa shape index (κ3) is 2.91. The first-order valence-electron chi connectivity index (χ1n) is 6.54. The number of nitrogens with one attached hydrogen (secondary N) is 1. The summed E-state index contributed by atoms with van der Waals surface area (Å²) in [7, 11) is 0. The van der Waals surface area contributed by atoms with Crippen molar-refractivity contribution in [2.75, 3.05) is 31.2 Å². The van der Waals surface area contributed by atoms with E-state index in [0.717, 1.165) is 29.9 Å². The first-order chi connectivity index (χ1) is 9.50. The van der Waals surface area contributed by atoms with Gasteiger partial charge in [0.25, 0.3) is 5.91 Å². The van der Waals surface area contributed by atoms with Gasteiger partial charge in [-0.3, -0.25) is 10.1 Å². The summed E-state index contributed by atoms with van der Waals surface area (Å²) in [6.07, 6.45) is 0. The third-order valence-electron chi connectivity index (χ3n) is 3.59. The van der Waals surface area contributed by atoms with E-state index in [1.165, 1.54) is 0 Å². The largest absolute Gasteiger partial charge is 0.378 e. The third-order valence-corrected chi connectivity index (χ3v) is 3.59. The van der Waals surface area contributed by atoms with E-state index in [2.05, 4.69) is 10.2 Å². The molecule has 6 nitrogen and oxygen atoms in total. The van der Waals surface area contributed by atoms with E-state index in [0.29, 0.717) is 18.8 Å². The van der Waals surface area contributed by atoms with Gasteiger partial charge in [0, 0.05) is 24.3 Å². The van der Waals surface area contributed by atoms with Crippen molar-refractivity contribution in [3.8, 4) is 0 Å². The Morgan fingerprint density at radius 1 is 1.20 bits per heavy atom. The molecule has 0 aliphatic carbocycles. The van der Waals surface area contributed by atoms with Gasteiger partial charge < -0.3 is 15.4 Å². The Kier molecular flexibility index (Phi) is 4.24. The number of morpholine rings is 1. The highest BCUT2D eigenvalue weighted by Crippen LogP contribution is 2.26. The second-order valence-electron chi connectivity index (χ2n) is 4.80. The van der Waals surface area contributed by atoms with Crippen LogP contribution in [0, 0.1) is 13.8 Å². The number of urea groups is 1. The molecule has 0 saturated carbocycles. The summed E-state index contributed by atoms with van der Waals surface area (Å²) in [6, 6.07) is 2.79. The number of benzene rings is 1. The highest BCUT2D eigenvalue weighted by atomic mass is 16.5. The number of rotatable bonds is 2. The van der Waals surface area contributed by atoms with Crippen molar-refractivity contribution in [3.05, 3.63) is 28.8 Å². The molecule has 0 unspecified atom stereocenters. The van der Waals surface area contributed by atoms with E-state index in [-0.39, 0.29) is 0 Å². The van der Waals surface area contributed by atoms with Crippen molar-refractivity contribution in [2.45, 2.75) is 13.8 Å². The molecule has 1 aliphatic heterocycles. The molecular weight excluding hydrogens is 258 g/mol. The van der Waals surface area contributed by atoms with E-state index < -0.39 is 11.9 Å². The lowest BCUT2D eigenvalue weighted by Crippen LogP contribution is -2.37. The smallest absolute Gasteiger partial charge is 0.319 e. The standard InChI is InChI=1S/C14H19N3O3/c1-9-10(2)12(17-5-7-20-8-6-17)4-3-11(9)13(18)16-14(15)19/h3-4H,5-8H2,1-2H3,(H3,15,16,18,19). The van der Waals surface area contributed by atoms with Crippen LogP contribution in [0.4, 0.5) is 10.5 Å². The van der Waals surface area contributed by atoms with Crippen LogP contribution in [0.15, 0.2) is 12.1 Å².